The maximum atomic E-state index is 9.85. The first-order chi connectivity index (χ1) is 13.7. The average molecular weight is 379 g/mol. The predicted octanol–water partition coefficient (Wildman–Crippen LogP) is 3.11. The zero-order chi connectivity index (χ0) is 19.3. The molecule has 0 spiro atoms. The number of hydrogen-bond acceptors (Lipinski definition) is 5. The number of aliphatic hydroxyl groups excluding tert-OH is 2. The Morgan fingerprint density at radius 1 is 1.00 bits per heavy atom. The van der Waals surface area contributed by atoms with Crippen LogP contribution < -0.4 is 4.74 Å². The number of aliphatic hydroxyl groups is 2. The van der Waals surface area contributed by atoms with Crippen LogP contribution in [0.25, 0.3) is 0 Å². The topological polar surface area (TPSA) is 70.8 Å². The van der Waals surface area contributed by atoms with Crippen LogP contribution in [-0.2, 0) is 19.6 Å². The zero-order valence-electron chi connectivity index (χ0n) is 15.7. The lowest BCUT2D eigenvalue weighted by Gasteiger charge is -2.20. The fraction of sp³-hybridized carbons (Fsp3) is 0.318. The van der Waals surface area contributed by atoms with Gasteiger partial charge in [0.2, 0.25) is 0 Å². The first-order valence-electron chi connectivity index (χ1n) is 9.61. The van der Waals surface area contributed by atoms with Crippen molar-refractivity contribution in [1.29, 1.82) is 0 Å². The van der Waals surface area contributed by atoms with Crippen LogP contribution in [0.3, 0.4) is 0 Å². The van der Waals surface area contributed by atoms with Crippen molar-refractivity contribution in [2.24, 2.45) is 0 Å². The second kappa shape index (κ2) is 8.56. The van der Waals surface area contributed by atoms with Crippen LogP contribution in [0.4, 0.5) is 0 Å². The summed E-state index contributed by atoms with van der Waals surface area (Å²) in [6.45, 7) is 3.06. The molecule has 0 saturated carbocycles. The summed E-state index contributed by atoms with van der Waals surface area (Å²) in [5.74, 6) is 1.66. The Bertz CT molecular complexity index is 910. The lowest BCUT2D eigenvalue weighted by Crippen LogP contribution is -2.22. The highest BCUT2D eigenvalue weighted by Crippen LogP contribution is 2.24. The smallest absolute Gasteiger partial charge is 0.127 e. The van der Waals surface area contributed by atoms with Crippen LogP contribution in [-0.4, -0.2) is 38.0 Å². The second-order valence-corrected chi connectivity index (χ2v) is 7.11. The van der Waals surface area contributed by atoms with Gasteiger partial charge in [-0.1, -0.05) is 30.3 Å². The number of aryl methyl sites for hydroxylation is 1. The molecule has 0 bridgehead atoms. The Morgan fingerprint density at radius 2 is 1.82 bits per heavy atom. The third-order valence-corrected chi connectivity index (χ3v) is 4.91. The summed E-state index contributed by atoms with van der Waals surface area (Å²) in [6.07, 6.45) is 0.0727. The fourth-order valence-corrected chi connectivity index (χ4v) is 3.53. The van der Waals surface area contributed by atoms with Gasteiger partial charge in [0.1, 0.15) is 17.6 Å². The van der Waals surface area contributed by atoms with Crippen molar-refractivity contribution in [2.75, 3.05) is 13.2 Å². The number of nitrogens with zero attached hydrogens (tertiary/aromatic N) is 3. The quantitative estimate of drug-likeness (QED) is 0.689. The molecule has 1 aromatic heterocycles. The van der Waals surface area contributed by atoms with Crippen molar-refractivity contribution in [2.45, 2.75) is 32.2 Å². The van der Waals surface area contributed by atoms with Crippen LogP contribution in [0.1, 0.15) is 29.5 Å². The zero-order valence-corrected chi connectivity index (χ0v) is 15.7. The van der Waals surface area contributed by atoms with E-state index in [0.717, 1.165) is 49.8 Å². The molecule has 2 aromatic carbocycles. The Balaban J connectivity index is 1.45. The molecule has 4 rings (SSSR count). The lowest BCUT2D eigenvalue weighted by molar-refractivity contribution is 0.0916. The normalized spacial score (nSPS) is 15.6. The summed E-state index contributed by atoms with van der Waals surface area (Å²) in [6, 6.07) is 19.9. The van der Waals surface area contributed by atoms with Crippen LogP contribution in [0.15, 0.2) is 60.7 Å². The van der Waals surface area contributed by atoms with Crippen molar-refractivity contribution in [1.82, 2.24) is 14.7 Å². The number of ether oxygens (including phenoxy) is 1. The minimum absolute atomic E-state index is 0.311. The molecule has 0 aliphatic carbocycles. The minimum atomic E-state index is -0.917. The van der Waals surface area contributed by atoms with Crippen LogP contribution in [0.2, 0.25) is 0 Å². The van der Waals surface area contributed by atoms with E-state index in [0.29, 0.717) is 5.69 Å². The summed E-state index contributed by atoms with van der Waals surface area (Å²) in [7, 11) is 0. The van der Waals surface area contributed by atoms with Gasteiger partial charge < -0.3 is 14.9 Å². The molecule has 0 radical (unpaired) electrons. The summed E-state index contributed by atoms with van der Waals surface area (Å²) in [5, 5.41) is 23.5. The fourth-order valence-electron chi connectivity index (χ4n) is 3.53. The standard InChI is InChI=1S/C22H25N3O3/c26-16-22(27)21-13-18-15-24(10-5-11-25(18)23-21)14-17-6-4-9-20(12-17)28-19-7-2-1-3-8-19/h1-4,6-9,12-13,22,26-27H,5,10-11,14-16H2/t22-/m0/s1. The first kappa shape index (κ1) is 18.7. The third-order valence-electron chi connectivity index (χ3n) is 4.91. The molecule has 0 unspecified atom stereocenters. The molecule has 28 heavy (non-hydrogen) atoms. The highest BCUT2D eigenvalue weighted by molar-refractivity contribution is 5.33. The maximum Gasteiger partial charge on any atom is 0.127 e. The lowest BCUT2D eigenvalue weighted by atomic mass is 10.2. The molecular formula is C22H25N3O3. The van der Waals surface area contributed by atoms with E-state index in [1.807, 2.05) is 53.2 Å². The minimum Gasteiger partial charge on any atom is -0.457 e. The first-order valence-corrected chi connectivity index (χ1v) is 9.61. The molecule has 2 heterocycles. The molecule has 2 N–H and O–H groups in total. The number of rotatable bonds is 6. The van der Waals surface area contributed by atoms with Gasteiger partial charge in [-0.3, -0.25) is 9.58 Å². The van der Waals surface area contributed by atoms with E-state index in [9.17, 15) is 5.11 Å². The van der Waals surface area contributed by atoms with Gasteiger partial charge in [-0.2, -0.15) is 5.10 Å². The van der Waals surface area contributed by atoms with E-state index in [-0.39, 0.29) is 6.61 Å². The highest BCUT2D eigenvalue weighted by atomic mass is 16.5. The van der Waals surface area contributed by atoms with Crippen molar-refractivity contribution >= 4 is 0 Å². The van der Waals surface area contributed by atoms with Crippen molar-refractivity contribution in [3.05, 3.63) is 77.6 Å². The molecule has 1 aliphatic heterocycles. The van der Waals surface area contributed by atoms with Crippen molar-refractivity contribution in [3.63, 3.8) is 0 Å². The number of para-hydroxylation sites is 1. The number of hydrogen-bond donors (Lipinski definition) is 2. The molecule has 6 nitrogen and oxygen atoms in total. The average Bonchev–Trinajstić information content (AvgIpc) is 3.01. The van der Waals surface area contributed by atoms with E-state index in [4.69, 9.17) is 9.84 Å². The maximum absolute atomic E-state index is 9.85. The third kappa shape index (κ3) is 4.42. The van der Waals surface area contributed by atoms with E-state index < -0.39 is 6.10 Å². The molecule has 0 saturated heterocycles. The molecule has 146 valence electrons. The molecule has 1 atom stereocenters. The van der Waals surface area contributed by atoms with E-state index in [2.05, 4.69) is 22.1 Å². The van der Waals surface area contributed by atoms with Gasteiger partial charge >= 0.3 is 0 Å². The monoisotopic (exact) mass is 379 g/mol. The van der Waals surface area contributed by atoms with Gasteiger partial charge in [-0.05, 0) is 42.3 Å². The summed E-state index contributed by atoms with van der Waals surface area (Å²) in [5.41, 5.74) is 2.80. The summed E-state index contributed by atoms with van der Waals surface area (Å²) >= 11 is 0. The molecule has 0 amide bonds. The Labute approximate surface area is 164 Å². The molecule has 6 heteroatoms. The SMILES string of the molecule is OC[C@H](O)c1cc2n(n1)CCCN(Cc1cccc(Oc3ccccc3)c1)C2. The van der Waals surface area contributed by atoms with Crippen molar-refractivity contribution in [3.8, 4) is 11.5 Å². The van der Waals surface area contributed by atoms with Crippen LogP contribution in [0, 0.1) is 0 Å². The van der Waals surface area contributed by atoms with E-state index in [1.54, 1.807) is 0 Å². The number of benzene rings is 2. The van der Waals surface area contributed by atoms with Gasteiger partial charge in [0.15, 0.2) is 0 Å². The van der Waals surface area contributed by atoms with Gasteiger partial charge in [-0.25, -0.2) is 0 Å². The largest absolute Gasteiger partial charge is 0.457 e. The molecule has 0 fully saturated rings. The van der Waals surface area contributed by atoms with Gasteiger partial charge in [0.05, 0.1) is 18.0 Å². The summed E-state index contributed by atoms with van der Waals surface area (Å²) < 4.78 is 7.89. The number of aromatic nitrogens is 2. The highest BCUT2D eigenvalue weighted by Gasteiger charge is 2.19. The van der Waals surface area contributed by atoms with E-state index in [1.165, 1.54) is 5.56 Å². The predicted molar refractivity (Wildman–Crippen MR) is 106 cm³/mol. The Morgan fingerprint density at radius 3 is 2.64 bits per heavy atom. The summed E-state index contributed by atoms with van der Waals surface area (Å²) in [4.78, 5) is 2.37. The molecule has 3 aromatic rings. The van der Waals surface area contributed by atoms with Crippen molar-refractivity contribution < 1.29 is 14.9 Å². The Hall–Kier alpha value is -2.67. The number of fused-ring (bicyclic) bond motifs is 1. The van der Waals surface area contributed by atoms with Crippen LogP contribution in [0.5, 0.6) is 11.5 Å². The van der Waals surface area contributed by atoms with Gasteiger partial charge in [0.25, 0.3) is 0 Å². The van der Waals surface area contributed by atoms with Gasteiger partial charge in [0, 0.05) is 26.2 Å². The van der Waals surface area contributed by atoms with E-state index >= 15 is 0 Å². The van der Waals surface area contributed by atoms with Crippen LogP contribution >= 0.6 is 0 Å². The second-order valence-electron chi connectivity index (χ2n) is 7.11. The molecule has 1 aliphatic rings. The van der Waals surface area contributed by atoms with Gasteiger partial charge in [-0.15, -0.1) is 0 Å². The molecular weight excluding hydrogens is 354 g/mol. The Kier molecular flexibility index (Phi) is 5.71.